The van der Waals surface area contributed by atoms with E-state index in [0.29, 0.717) is 19.5 Å². The third kappa shape index (κ3) is 6.63. The number of aliphatic carboxylic acids is 1. The predicted molar refractivity (Wildman–Crippen MR) is 116 cm³/mol. The quantitative estimate of drug-likeness (QED) is 0.573. The highest BCUT2D eigenvalue weighted by Crippen LogP contribution is 2.23. The fourth-order valence-corrected chi connectivity index (χ4v) is 3.72. The second kappa shape index (κ2) is 10.5. The van der Waals surface area contributed by atoms with Gasteiger partial charge < -0.3 is 20.1 Å². The molecule has 3 atom stereocenters. The van der Waals surface area contributed by atoms with E-state index in [1.165, 1.54) is 0 Å². The van der Waals surface area contributed by atoms with Crippen LogP contribution in [0.25, 0.3) is 6.08 Å². The highest BCUT2D eigenvalue weighted by Gasteiger charge is 2.51. The number of carbonyl (C=O) groups is 3. The minimum absolute atomic E-state index is 0.117. The van der Waals surface area contributed by atoms with E-state index in [1.54, 1.807) is 4.90 Å². The van der Waals surface area contributed by atoms with E-state index in [-0.39, 0.29) is 11.8 Å². The molecule has 2 aliphatic heterocycles. The van der Waals surface area contributed by atoms with Gasteiger partial charge in [0, 0.05) is 32.7 Å². The Kier molecular flexibility index (Phi) is 7.81. The van der Waals surface area contributed by atoms with E-state index in [0.717, 1.165) is 25.2 Å². The zero-order valence-electron chi connectivity index (χ0n) is 18.1. The molecule has 0 saturated carbocycles. The van der Waals surface area contributed by atoms with E-state index in [2.05, 4.69) is 34.5 Å². The number of hydrogen-bond donors (Lipinski definition) is 2. The van der Waals surface area contributed by atoms with Gasteiger partial charge in [0.05, 0.1) is 0 Å². The van der Waals surface area contributed by atoms with Crippen LogP contribution < -0.4 is 5.32 Å². The van der Waals surface area contributed by atoms with Crippen LogP contribution in [-0.4, -0.2) is 83.7 Å². The molecule has 1 aromatic carbocycles. The molecule has 8 nitrogen and oxygen atoms in total. The average Bonchev–Trinajstić information content (AvgIpc) is 3.55. The van der Waals surface area contributed by atoms with Crippen LogP contribution in [0.3, 0.4) is 0 Å². The lowest BCUT2D eigenvalue weighted by Gasteiger charge is -2.36. The lowest BCUT2D eigenvalue weighted by atomic mass is 10.0. The Hall–Kier alpha value is -2.71. The number of carboxylic acid groups (broad SMARTS) is 1. The van der Waals surface area contributed by atoms with E-state index < -0.39 is 30.1 Å². The highest BCUT2D eigenvalue weighted by molar-refractivity contribution is 5.95. The van der Waals surface area contributed by atoms with Crippen LogP contribution in [-0.2, 0) is 19.1 Å². The molecule has 2 fully saturated rings. The van der Waals surface area contributed by atoms with E-state index in [1.807, 2.05) is 32.0 Å². The first-order chi connectivity index (χ1) is 14.8. The number of amides is 2. The van der Waals surface area contributed by atoms with Gasteiger partial charge in [-0.25, -0.2) is 4.79 Å². The molecule has 0 aromatic heterocycles. The van der Waals surface area contributed by atoms with Gasteiger partial charge in [-0.15, -0.1) is 0 Å². The molecular formula is C23H31N3O5. The molecule has 0 aliphatic carbocycles. The lowest BCUT2D eigenvalue weighted by Crippen LogP contribution is -2.55. The number of ether oxygens (including phenoxy) is 1. The summed E-state index contributed by atoms with van der Waals surface area (Å²) in [7, 11) is 0. The van der Waals surface area contributed by atoms with Gasteiger partial charge in [-0.3, -0.25) is 14.5 Å². The molecule has 0 radical (unpaired) electrons. The van der Waals surface area contributed by atoms with Crippen molar-refractivity contribution in [2.45, 2.75) is 38.5 Å². The summed E-state index contributed by atoms with van der Waals surface area (Å²) in [5.41, 5.74) is 1.16. The Morgan fingerprint density at radius 3 is 2.39 bits per heavy atom. The van der Waals surface area contributed by atoms with Gasteiger partial charge in [0.15, 0.2) is 12.2 Å². The first kappa shape index (κ1) is 23.0. The molecule has 3 rings (SSSR count). The van der Waals surface area contributed by atoms with Crippen molar-refractivity contribution < 1.29 is 24.2 Å². The van der Waals surface area contributed by atoms with Crippen LogP contribution in [0.15, 0.2) is 36.4 Å². The van der Waals surface area contributed by atoms with Crippen molar-refractivity contribution in [2.75, 3.05) is 32.7 Å². The maximum absolute atomic E-state index is 13.1. The maximum Gasteiger partial charge on any atom is 0.336 e. The summed E-state index contributed by atoms with van der Waals surface area (Å²) >= 11 is 0. The Balaban J connectivity index is 1.48. The normalized spacial score (nSPS) is 22.5. The number of carboxylic acids is 1. The SMILES string of the molecule is CC(C)CC(NC(=O)C1OC1C(=O)O)C(=O)N1CCN(C/C=C/c2ccccc2)CC1. The average molecular weight is 430 g/mol. The Morgan fingerprint density at radius 1 is 1.13 bits per heavy atom. The summed E-state index contributed by atoms with van der Waals surface area (Å²) in [5, 5.41) is 11.6. The number of piperazine rings is 1. The fourth-order valence-electron chi connectivity index (χ4n) is 3.72. The monoisotopic (exact) mass is 429 g/mol. The minimum atomic E-state index is -1.16. The van der Waals surface area contributed by atoms with Crippen molar-refractivity contribution >= 4 is 23.9 Å². The summed E-state index contributed by atoms with van der Waals surface area (Å²) < 4.78 is 4.91. The molecule has 0 spiro atoms. The van der Waals surface area contributed by atoms with Crippen molar-refractivity contribution in [1.29, 1.82) is 0 Å². The molecule has 2 N–H and O–H groups in total. The van der Waals surface area contributed by atoms with Crippen molar-refractivity contribution in [1.82, 2.24) is 15.1 Å². The van der Waals surface area contributed by atoms with Crippen LogP contribution in [0, 0.1) is 5.92 Å². The molecule has 31 heavy (non-hydrogen) atoms. The van der Waals surface area contributed by atoms with E-state index in [9.17, 15) is 14.4 Å². The largest absolute Gasteiger partial charge is 0.479 e. The van der Waals surface area contributed by atoms with Gasteiger partial charge >= 0.3 is 5.97 Å². The zero-order chi connectivity index (χ0) is 22.4. The van der Waals surface area contributed by atoms with Crippen molar-refractivity contribution in [3.05, 3.63) is 42.0 Å². The van der Waals surface area contributed by atoms with Gasteiger partial charge in [-0.2, -0.15) is 0 Å². The molecular weight excluding hydrogens is 398 g/mol. The van der Waals surface area contributed by atoms with Crippen LogP contribution in [0.4, 0.5) is 0 Å². The number of benzene rings is 1. The van der Waals surface area contributed by atoms with E-state index >= 15 is 0 Å². The smallest absolute Gasteiger partial charge is 0.336 e. The third-order valence-corrected chi connectivity index (χ3v) is 5.47. The van der Waals surface area contributed by atoms with Crippen molar-refractivity contribution in [2.24, 2.45) is 5.92 Å². The van der Waals surface area contributed by atoms with Crippen LogP contribution >= 0.6 is 0 Å². The van der Waals surface area contributed by atoms with Gasteiger partial charge in [0.25, 0.3) is 5.91 Å². The van der Waals surface area contributed by atoms with Gasteiger partial charge in [-0.1, -0.05) is 56.3 Å². The van der Waals surface area contributed by atoms with Gasteiger partial charge in [0.2, 0.25) is 5.91 Å². The highest BCUT2D eigenvalue weighted by atomic mass is 16.6. The second-order valence-electron chi connectivity index (χ2n) is 8.45. The number of nitrogens with one attached hydrogen (secondary N) is 1. The molecule has 2 amide bonds. The standard InChI is InChI=1S/C23H31N3O5/c1-16(2)15-18(24-21(27)19-20(31-19)23(29)30)22(28)26-13-11-25(12-14-26)10-6-9-17-7-4-3-5-8-17/h3-9,16,18-20H,10-15H2,1-2H3,(H,24,27)(H,29,30)/b9-6+. The summed E-state index contributed by atoms with van der Waals surface area (Å²) in [6, 6.07) is 9.45. The number of carbonyl (C=O) groups excluding carboxylic acids is 2. The predicted octanol–water partition coefficient (Wildman–Crippen LogP) is 1.23. The number of hydrogen-bond acceptors (Lipinski definition) is 5. The topological polar surface area (TPSA) is 102 Å². The summed E-state index contributed by atoms with van der Waals surface area (Å²) in [4.78, 5) is 40.3. The molecule has 8 heteroatoms. The molecule has 168 valence electrons. The minimum Gasteiger partial charge on any atom is -0.479 e. The van der Waals surface area contributed by atoms with Gasteiger partial charge in [-0.05, 0) is 17.9 Å². The van der Waals surface area contributed by atoms with Crippen LogP contribution in [0.1, 0.15) is 25.8 Å². The third-order valence-electron chi connectivity index (χ3n) is 5.47. The van der Waals surface area contributed by atoms with Crippen molar-refractivity contribution in [3.8, 4) is 0 Å². The molecule has 0 bridgehead atoms. The summed E-state index contributed by atoms with van der Waals surface area (Å²) in [5.74, 6) is -1.61. The zero-order valence-corrected chi connectivity index (χ0v) is 18.1. The second-order valence-corrected chi connectivity index (χ2v) is 8.45. The molecule has 1 aromatic rings. The van der Waals surface area contributed by atoms with Crippen molar-refractivity contribution in [3.63, 3.8) is 0 Å². The molecule has 2 heterocycles. The Labute approximate surface area is 182 Å². The van der Waals surface area contributed by atoms with E-state index in [4.69, 9.17) is 9.84 Å². The molecule has 3 unspecified atom stereocenters. The summed E-state index contributed by atoms with van der Waals surface area (Å²) in [6.45, 7) is 7.51. The molecule has 2 saturated heterocycles. The summed E-state index contributed by atoms with van der Waals surface area (Å²) in [6.07, 6.45) is 2.60. The fraction of sp³-hybridized carbons (Fsp3) is 0.522. The molecule has 2 aliphatic rings. The first-order valence-electron chi connectivity index (χ1n) is 10.8. The number of nitrogens with zero attached hydrogens (tertiary/aromatic N) is 2. The maximum atomic E-state index is 13.1. The van der Waals surface area contributed by atoms with Gasteiger partial charge in [0.1, 0.15) is 6.04 Å². The Bertz CT molecular complexity index is 803. The Morgan fingerprint density at radius 2 is 1.81 bits per heavy atom. The van der Waals surface area contributed by atoms with Crippen LogP contribution in [0.5, 0.6) is 0 Å². The first-order valence-corrected chi connectivity index (χ1v) is 10.8. The van der Waals surface area contributed by atoms with Crippen LogP contribution in [0.2, 0.25) is 0 Å². The number of rotatable bonds is 9. The lowest BCUT2D eigenvalue weighted by molar-refractivity contribution is -0.138. The number of epoxide rings is 1.